The van der Waals surface area contributed by atoms with Gasteiger partial charge in [-0.2, -0.15) is 5.10 Å². The van der Waals surface area contributed by atoms with Gasteiger partial charge in [0.15, 0.2) is 17.3 Å². The van der Waals surface area contributed by atoms with Crippen LogP contribution in [0.25, 0.3) is 0 Å². The number of aromatic nitrogens is 2. The number of benzene rings is 2. The average molecular weight is 423 g/mol. The number of Topliss-reactive ketones (excluding diaryl/α,β-unsaturated/α-hetero) is 1. The molecule has 31 heavy (non-hydrogen) atoms. The van der Waals surface area contributed by atoms with Gasteiger partial charge in [-0.15, -0.1) is 0 Å². The first-order valence-corrected chi connectivity index (χ1v) is 10.5. The molecule has 1 N–H and O–H groups in total. The van der Waals surface area contributed by atoms with Crippen molar-refractivity contribution in [2.45, 2.75) is 32.3 Å². The number of rotatable bonds is 9. The van der Waals surface area contributed by atoms with Crippen molar-refractivity contribution in [1.82, 2.24) is 10.2 Å². The van der Waals surface area contributed by atoms with E-state index in [2.05, 4.69) is 39.4 Å². The van der Waals surface area contributed by atoms with Crippen molar-refractivity contribution in [3.05, 3.63) is 71.8 Å². The van der Waals surface area contributed by atoms with Crippen LogP contribution in [0.5, 0.6) is 11.5 Å². The van der Waals surface area contributed by atoms with Gasteiger partial charge < -0.3 is 14.4 Å². The highest BCUT2D eigenvalue weighted by molar-refractivity contribution is 5.96. The van der Waals surface area contributed by atoms with Crippen molar-refractivity contribution >= 4 is 11.5 Å². The quantitative estimate of drug-likeness (QED) is 0.510. The Morgan fingerprint density at radius 3 is 2.68 bits per heavy atom. The number of ether oxygens (including phenoxy) is 2. The van der Waals surface area contributed by atoms with Gasteiger partial charge in [-0.1, -0.05) is 19.1 Å². The summed E-state index contributed by atoms with van der Waals surface area (Å²) in [6.07, 6.45) is 3.56. The zero-order valence-electron chi connectivity index (χ0n) is 17.7. The Bertz CT molecular complexity index is 1020. The molecular weight excluding hydrogens is 397 g/mol. The van der Waals surface area contributed by atoms with Crippen LogP contribution in [-0.4, -0.2) is 41.8 Å². The monoisotopic (exact) mass is 423 g/mol. The highest BCUT2D eigenvalue weighted by atomic mass is 19.1. The molecule has 0 saturated carbocycles. The molecular formula is C24H26FN3O3. The topological polar surface area (TPSA) is 67.5 Å². The van der Waals surface area contributed by atoms with Gasteiger partial charge >= 0.3 is 0 Å². The van der Waals surface area contributed by atoms with Crippen molar-refractivity contribution in [3.8, 4) is 11.5 Å². The normalized spacial score (nSPS) is 14.7. The summed E-state index contributed by atoms with van der Waals surface area (Å²) >= 11 is 0. The van der Waals surface area contributed by atoms with Crippen LogP contribution in [-0.2, 0) is 0 Å². The van der Waals surface area contributed by atoms with Crippen molar-refractivity contribution in [3.63, 3.8) is 0 Å². The fraction of sp³-hybridized carbons (Fsp3) is 0.333. The van der Waals surface area contributed by atoms with E-state index in [-0.39, 0.29) is 23.6 Å². The third-order valence-corrected chi connectivity index (χ3v) is 5.50. The number of anilines is 1. The summed E-state index contributed by atoms with van der Waals surface area (Å²) in [6, 6.07) is 12.9. The van der Waals surface area contributed by atoms with Gasteiger partial charge in [0.1, 0.15) is 11.9 Å². The molecule has 2 aromatic carbocycles. The number of hydrogen-bond donors (Lipinski definition) is 1. The standard InChI is InChI=1S/C24H26FN3O3/c1-3-30-20-8-9-24(22(25)11-20)31-21-14-28(15-21)19-6-4-17(5-7-19)16(2)10-23(29)18-12-26-27-13-18/h4-9,11-13,16,21H,3,10,14-15H2,1-2H3,(H,26,27)/t16-/m1/s1. The van der Waals surface area contributed by atoms with E-state index < -0.39 is 5.82 Å². The maximum atomic E-state index is 14.2. The molecule has 0 aliphatic carbocycles. The first-order valence-electron chi connectivity index (χ1n) is 10.5. The van der Waals surface area contributed by atoms with E-state index in [4.69, 9.17) is 9.47 Å². The molecule has 0 unspecified atom stereocenters. The number of carbonyl (C=O) groups excluding carboxylic acids is 1. The second kappa shape index (κ2) is 9.20. The summed E-state index contributed by atoms with van der Waals surface area (Å²) in [6.45, 7) is 5.79. The molecule has 0 radical (unpaired) electrons. The fourth-order valence-electron chi connectivity index (χ4n) is 3.67. The van der Waals surface area contributed by atoms with Gasteiger partial charge in [-0.3, -0.25) is 9.89 Å². The molecule has 1 atom stereocenters. The lowest BCUT2D eigenvalue weighted by atomic mass is 9.93. The number of aromatic amines is 1. The molecule has 7 heteroatoms. The van der Waals surface area contributed by atoms with E-state index in [1.165, 1.54) is 6.07 Å². The molecule has 162 valence electrons. The highest BCUT2D eigenvalue weighted by Gasteiger charge is 2.29. The number of halogens is 1. The lowest BCUT2D eigenvalue weighted by Gasteiger charge is -2.40. The van der Waals surface area contributed by atoms with Gasteiger partial charge in [0.05, 0.1) is 31.5 Å². The third kappa shape index (κ3) is 4.87. The van der Waals surface area contributed by atoms with E-state index in [1.807, 2.05) is 13.8 Å². The zero-order valence-corrected chi connectivity index (χ0v) is 17.7. The molecule has 0 spiro atoms. The maximum Gasteiger partial charge on any atom is 0.168 e. The smallest absolute Gasteiger partial charge is 0.168 e. The molecule has 1 aliphatic heterocycles. The van der Waals surface area contributed by atoms with E-state index in [9.17, 15) is 9.18 Å². The van der Waals surface area contributed by atoms with Crippen molar-refractivity contribution in [2.24, 2.45) is 0 Å². The number of carbonyl (C=O) groups is 1. The number of nitrogens with zero attached hydrogens (tertiary/aromatic N) is 2. The summed E-state index contributed by atoms with van der Waals surface area (Å²) in [5.41, 5.74) is 2.81. The first-order chi connectivity index (χ1) is 15.0. The Balaban J connectivity index is 1.28. The fourth-order valence-corrected chi connectivity index (χ4v) is 3.67. The van der Waals surface area contributed by atoms with E-state index in [1.54, 1.807) is 24.5 Å². The predicted octanol–water partition coefficient (Wildman–Crippen LogP) is 4.59. The molecule has 1 fully saturated rings. The van der Waals surface area contributed by atoms with Crippen molar-refractivity contribution < 1.29 is 18.7 Å². The number of ketones is 1. The largest absolute Gasteiger partial charge is 0.494 e. The van der Waals surface area contributed by atoms with E-state index in [0.717, 1.165) is 11.3 Å². The Morgan fingerprint density at radius 1 is 1.26 bits per heavy atom. The van der Waals surface area contributed by atoms with Crippen molar-refractivity contribution in [1.29, 1.82) is 0 Å². The Labute approximate surface area is 181 Å². The second-order valence-electron chi connectivity index (χ2n) is 7.78. The number of nitrogens with one attached hydrogen (secondary N) is 1. The van der Waals surface area contributed by atoms with Gasteiger partial charge in [0, 0.05) is 24.4 Å². The van der Waals surface area contributed by atoms with Crippen LogP contribution < -0.4 is 14.4 Å². The van der Waals surface area contributed by atoms with Crippen LogP contribution in [0.4, 0.5) is 10.1 Å². The van der Waals surface area contributed by atoms with Gasteiger partial charge in [-0.05, 0) is 42.7 Å². The minimum absolute atomic E-state index is 0.0568. The van der Waals surface area contributed by atoms with Crippen LogP contribution >= 0.6 is 0 Å². The number of H-pyrrole nitrogens is 1. The lowest BCUT2D eigenvalue weighted by Crippen LogP contribution is -2.54. The lowest BCUT2D eigenvalue weighted by molar-refractivity contribution is 0.0975. The van der Waals surface area contributed by atoms with Crippen LogP contribution in [0.1, 0.15) is 42.1 Å². The van der Waals surface area contributed by atoms with Crippen molar-refractivity contribution in [2.75, 3.05) is 24.6 Å². The molecule has 1 saturated heterocycles. The predicted molar refractivity (Wildman–Crippen MR) is 117 cm³/mol. The Kier molecular flexibility index (Phi) is 6.21. The van der Waals surface area contributed by atoms with Crippen LogP contribution in [0, 0.1) is 5.82 Å². The van der Waals surface area contributed by atoms with Gasteiger partial charge in [0.2, 0.25) is 0 Å². The third-order valence-electron chi connectivity index (χ3n) is 5.50. The van der Waals surface area contributed by atoms with Crippen LogP contribution in [0.3, 0.4) is 0 Å². The Hall–Kier alpha value is -3.35. The van der Waals surface area contributed by atoms with E-state index in [0.29, 0.717) is 37.4 Å². The zero-order chi connectivity index (χ0) is 21.8. The molecule has 6 nitrogen and oxygen atoms in total. The summed E-state index contributed by atoms with van der Waals surface area (Å²) in [4.78, 5) is 14.4. The second-order valence-corrected chi connectivity index (χ2v) is 7.78. The van der Waals surface area contributed by atoms with Gasteiger partial charge in [-0.25, -0.2) is 4.39 Å². The summed E-state index contributed by atoms with van der Waals surface area (Å²) in [5.74, 6) is 0.539. The number of hydrogen-bond acceptors (Lipinski definition) is 5. The first kappa shape index (κ1) is 20.9. The molecule has 3 aromatic rings. The SMILES string of the molecule is CCOc1ccc(OC2CN(c3ccc([C@H](C)CC(=O)c4cn[nH]c4)cc3)C2)c(F)c1. The summed E-state index contributed by atoms with van der Waals surface area (Å²) < 4.78 is 25.3. The average Bonchev–Trinajstić information content (AvgIpc) is 3.27. The van der Waals surface area contributed by atoms with E-state index >= 15 is 0 Å². The van der Waals surface area contributed by atoms with Gasteiger partial charge in [0.25, 0.3) is 0 Å². The Morgan fingerprint density at radius 2 is 2.03 bits per heavy atom. The molecule has 1 aromatic heterocycles. The molecule has 2 heterocycles. The molecule has 1 aliphatic rings. The minimum atomic E-state index is -0.410. The maximum absolute atomic E-state index is 14.2. The summed E-state index contributed by atoms with van der Waals surface area (Å²) in [5, 5.41) is 6.50. The van der Waals surface area contributed by atoms with Crippen LogP contribution in [0.15, 0.2) is 54.9 Å². The molecule has 4 rings (SSSR count). The van der Waals surface area contributed by atoms with Crippen LogP contribution in [0.2, 0.25) is 0 Å². The molecule has 0 amide bonds. The minimum Gasteiger partial charge on any atom is -0.494 e. The highest BCUT2D eigenvalue weighted by Crippen LogP contribution is 2.29. The summed E-state index contributed by atoms with van der Waals surface area (Å²) in [7, 11) is 0. The molecule has 0 bridgehead atoms.